The number of alkyl halides is 3. The maximum atomic E-state index is 12.4. The van der Waals surface area contributed by atoms with Crippen molar-refractivity contribution in [3.63, 3.8) is 0 Å². The molecule has 31 heavy (non-hydrogen) atoms. The van der Waals surface area contributed by atoms with E-state index in [1.807, 2.05) is 17.4 Å². The minimum absolute atomic E-state index is 0.217. The molecule has 0 atom stereocenters. The van der Waals surface area contributed by atoms with Crippen LogP contribution in [-0.4, -0.2) is 6.36 Å². The van der Waals surface area contributed by atoms with Crippen LogP contribution in [-0.2, 0) is 6.42 Å². The Balaban J connectivity index is 1.44. The summed E-state index contributed by atoms with van der Waals surface area (Å²) in [6.07, 6.45) is 6.52. The normalized spacial score (nSPS) is 17.3. The van der Waals surface area contributed by atoms with Gasteiger partial charge in [0, 0.05) is 10.6 Å². The molecule has 1 saturated carbocycles. The Labute approximate surface area is 183 Å². The molecular formula is C25H24F3NOS. The first-order valence-corrected chi connectivity index (χ1v) is 11.7. The zero-order chi connectivity index (χ0) is 21.4. The van der Waals surface area contributed by atoms with Crippen LogP contribution < -0.4 is 10.1 Å². The van der Waals surface area contributed by atoms with Gasteiger partial charge in [0.25, 0.3) is 0 Å². The SMILES string of the molecule is FC(F)(F)Oc1ccc(Nc2cccc3c4c(sc23)C(C2CCCCC2)=CCC4)cc1. The van der Waals surface area contributed by atoms with Crippen molar-refractivity contribution in [3.05, 3.63) is 59.0 Å². The summed E-state index contributed by atoms with van der Waals surface area (Å²) < 4.78 is 42.4. The van der Waals surface area contributed by atoms with Crippen LogP contribution in [0, 0.1) is 5.92 Å². The van der Waals surface area contributed by atoms with E-state index in [1.54, 1.807) is 17.7 Å². The van der Waals surface area contributed by atoms with Crippen LogP contribution in [0.1, 0.15) is 49.0 Å². The van der Waals surface area contributed by atoms with Crippen LogP contribution in [0.2, 0.25) is 0 Å². The largest absolute Gasteiger partial charge is 0.573 e. The minimum Gasteiger partial charge on any atom is -0.406 e. The van der Waals surface area contributed by atoms with Gasteiger partial charge in [0.15, 0.2) is 0 Å². The number of halogens is 3. The molecule has 0 aliphatic heterocycles. The van der Waals surface area contributed by atoms with Crippen LogP contribution in [0.25, 0.3) is 15.7 Å². The molecule has 2 aliphatic rings. The molecule has 1 fully saturated rings. The minimum atomic E-state index is -4.68. The Hall–Kier alpha value is -2.47. The van der Waals surface area contributed by atoms with Crippen molar-refractivity contribution in [2.45, 2.75) is 51.3 Å². The third-order valence-corrected chi connectivity index (χ3v) is 7.58. The van der Waals surface area contributed by atoms with E-state index < -0.39 is 6.36 Å². The molecule has 0 unspecified atom stereocenters. The van der Waals surface area contributed by atoms with Gasteiger partial charge in [0.05, 0.1) is 10.4 Å². The lowest BCUT2D eigenvalue weighted by Crippen LogP contribution is -2.16. The highest BCUT2D eigenvalue weighted by Crippen LogP contribution is 2.47. The first kappa shape index (κ1) is 20.4. The molecule has 0 radical (unpaired) electrons. The average molecular weight is 444 g/mol. The van der Waals surface area contributed by atoms with Crippen LogP contribution in [0.15, 0.2) is 48.5 Å². The van der Waals surface area contributed by atoms with Crippen molar-refractivity contribution in [1.82, 2.24) is 0 Å². The first-order chi connectivity index (χ1) is 15.0. The van der Waals surface area contributed by atoms with Crippen molar-refractivity contribution in [3.8, 4) is 5.75 Å². The first-order valence-electron chi connectivity index (χ1n) is 10.9. The number of aryl methyl sites for hydroxylation is 1. The number of anilines is 2. The van der Waals surface area contributed by atoms with E-state index >= 15 is 0 Å². The van der Waals surface area contributed by atoms with Gasteiger partial charge in [-0.25, -0.2) is 0 Å². The van der Waals surface area contributed by atoms with E-state index in [1.165, 1.54) is 64.8 Å². The number of fused-ring (bicyclic) bond motifs is 3. The lowest BCUT2D eigenvalue weighted by molar-refractivity contribution is -0.274. The Morgan fingerprint density at radius 2 is 1.74 bits per heavy atom. The molecule has 2 aromatic carbocycles. The second-order valence-electron chi connectivity index (χ2n) is 8.32. The van der Waals surface area contributed by atoms with E-state index in [-0.39, 0.29) is 5.75 Å². The molecule has 1 heterocycles. The van der Waals surface area contributed by atoms with Crippen molar-refractivity contribution >= 4 is 38.4 Å². The van der Waals surface area contributed by atoms with E-state index in [2.05, 4.69) is 28.3 Å². The van der Waals surface area contributed by atoms with Gasteiger partial charge in [-0.1, -0.05) is 37.5 Å². The van der Waals surface area contributed by atoms with Gasteiger partial charge < -0.3 is 10.1 Å². The number of hydrogen-bond acceptors (Lipinski definition) is 3. The fourth-order valence-corrected chi connectivity index (χ4v) is 6.31. The van der Waals surface area contributed by atoms with Gasteiger partial charge in [-0.05, 0) is 78.5 Å². The molecule has 2 aliphatic carbocycles. The summed E-state index contributed by atoms with van der Waals surface area (Å²) in [5, 5.41) is 4.69. The van der Waals surface area contributed by atoms with Crippen LogP contribution in [0.5, 0.6) is 5.75 Å². The molecule has 1 N–H and O–H groups in total. The summed E-state index contributed by atoms with van der Waals surface area (Å²) in [5.74, 6) is 0.462. The quantitative estimate of drug-likeness (QED) is 0.437. The van der Waals surface area contributed by atoms with E-state index in [0.717, 1.165) is 24.2 Å². The summed E-state index contributed by atoms with van der Waals surface area (Å²) in [5.41, 5.74) is 4.73. The summed E-state index contributed by atoms with van der Waals surface area (Å²) in [4.78, 5) is 1.44. The fraction of sp³-hybridized carbons (Fsp3) is 0.360. The van der Waals surface area contributed by atoms with Crippen molar-refractivity contribution in [1.29, 1.82) is 0 Å². The Bertz CT molecular complexity index is 1110. The summed E-state index contributed by atoms with van der Waals surface area (Å²) in [6, 6.07) is 12.2. The number of rotatable bonds is 4. The second-order valence-corrected chi connectivity index (χ2v) is 9.34. The predicted molar refractivity (Wildman–Crippen MR) is 121 cm³/mol. The number of thiophene rings is 1. The van der Waals surface area contributed by atoms with Crippen LogP contribution in [0.3, 0.4) is 0 Å². The van der Waals surface area contributed by atoms with E-state index in [4.69, 9.17) is 0 Å². The van der Waals surface area contributed by atoms with Crippen LogP contribution >= 0.6 is 11.3 Å². The highest BCUT2D eigenvalue weighted by molar-refractivity contribution is 7.21. The lowest BCUT2D eigenvalue weighted by Gasteiger charge is -2.26. The Kier molecular flexibility index (Phi) is 5.42. The molecule has 0 bridgehead atoms. The van der Waals surface area contributed by atoms with Crippen molar-refractivity contribution < 1.29 is 17.9 Å². The number of allylic oxidation sites excluding steroid dienone is 2. The molecule has 162 valence electrons. The maximum absolute atomic E-state index is 12.4. The second kappa shape index (κ2) is 8.23. The van der Waals surface area contributed by atoms with E-state index in [0.29, 0.717) is 5.92 Å². The third kappa shape index (κ3) is 4.31. The third-order valence-electron chi connectivity index (χ3n) is 6.25. The molecule has 5 rings (SSSR count). The fourth-order valence-electron chi connectivity index (χ4n) is 4.88. The smallest absolute Gasteiger partial charge is 0.406 e. The maximum Gasteiger partial charge on any atom is 0.573 e. The Morgan fingerprint density at radius 3 is 2.48 bits per heavy atom. The van der Waals surface area contributed by atoms with Crippen molar-refractivity contribution in [2.24, 2.45) is 5.92 Å². The topological polar surface area (TPSA) is 21.3 Å². The van der Waals surface area contributed by atoms with Crippen LogP contribution in [0.4, 0.5) is 24.5 Å². The monoisotopic (exact) mass is 443 g/mol. The lowest BCUT2D eigenvalue weighted by atomic mass is 9.80. The molecule has 3 aromatic rings. The molecule has 0 spiro atoms. The van der Waals surface area contributed by atoms with E-state index in [9.17, 15) is 13.2 Å². The molecule has 1 aromatic heterocycles. The summed E-state index contributed by atoms with van der Waals surface area (Å²) >= 11 is 1.85. The highest BCUT2D eigenvalue weighted by Gasteiger charge is 2.31. The molecule has 0 saturated heterocycles. The molecular weight excluding hydrogens is 419 g/mol. The molecule has 2 nitrogen and oxygen atoms in total. The number of nitrogens with one attached hydrogen (secondary N) is 1. The summed E-state index contributed by atoms with van der Waals surface area (Å²) in [6.45, 7) is 0. The number of ether oxygens (including phenoxy) is 1. The highest BCUT2D eigenvalue weighted by atomic mass is 32.1. The predicted octanol–water partition coefficient (Wildman–Crippen LogP) is 8.45. The molecule has 6 heteroatoms. The Morgan fingerprint density at radius 1 is 0.968 bits per heavy atom. The number of benzene rings is 2. The van der Waals surface area contributed by atoms with Gasteiger partial charge in [0.2, 0.25) is 0 Å². The van der Waals surface area contributed by atoms with Crippen molar-refractivity contribution in [2.75, 3.05) is 5.32 Å². The van der Waals surface area contributed by atoms with Gasteiger partial charge >= 0.3 is 6.36 Å². The van der Waals surface area contributed by atoms with Gasteiger partial charge in [-0.2, -0.15) is 0 Å². The summed E-state index contributed by atoms with van der Waals surface area (Å²) in [7, 11) is 0. The molecule has 0 amide bonds. The van der Waals surface area contributed by atoms with Gasteiger partial charge in [0.1, 0.15) is 5.75 Å². The zero-order valence-corrected chi connectivity index (χ0v) is 17.9. The van der Waals surface area contributed by atoms with Gasteiger partial charge in [-0.3, -0.25) is 0 Å². The number of hydrogen-bond donors (Lipinski definition) is 1. The average Bonchev–Trinajstić information content (AvgIpc) is 3.15. The zero-order valence-electron chi connectivity index (χ0n) is 17.1. The van der Waals surface area contributed by atoms with Gasteiger partial charge in [-0.15, -0.1) is 24.5 Å². The standard InChI is InChI=1S/C25H24F3NOS/c26-25(27,28)30-18-14-12-17(13-15-18)29-22-11-5-10-21-20-9-4-8-19(23(20)31-24(21)22)16-6-2-1-3-7-16/h5,8,10-16,29H,1-4,6-7,9H2.